The largest absolute Gasteiger partial charge is 0.497 e. The molecule has 168 valence electrons. The van der Waals surface area contributed by atoms with Gasteiger partial charge in [-0.15, -0.1) is 0 Å². The smallest absolute Gasteiger partial charge is 0.251 e. The summed E-state index contributed by atoms with van der Waals surface area (Å²) in [5, 5.41) is 2.83. The van der Waals surface area contributed by atoms with Crippen LogP contribution < -0.4 is 19.5 Å². The zero-order valence-corrected chi connectivity index (χ0v) is 19.0. The highest BCUT2D eigenvalue weighted by molar-refractivity contribution is 7.89. The summed E-state index contributed by atoms with van der Waals surface area (Å²) in [7, 11) is -0.674. The van der Waals surface area contributed by atoms with E-state index in [4.69, 9.17) is 9.47 Å². The third-order valence-corrected chi connectivity index (χ3v) is 6.41. The Kier molecular flexibility index (Phi) is 7.50. The van der Waals surface area contributed by atoms with Crippen molar-refractivity contribution in [3.63, 3.8) is 0 Å². The van der Waals surface area contributed by atoms with Gasteiger partial charge in [0.15, 0.2) is 0 Å². The molecule has 0 spiro atoms. The first kappa shape index (κ1) is 23.3. The van der Waals surface area contributed by atoms with E-state index in [9.17, 15) is 13.2 Å². The third-order valence-electron chi connectivity index (χ3n) is 5.01. The molecule has 0 radical (unpaired) electrons. The molecule has 0 bridgehead atoms. The van der Waals surface area contributed by atoms with Gasteiger partial charge in [0.05, 0.1) is 19.1 Å². The molecule has 2 N–H and O–H groups in total. The van der Waals surface area contributed by atoms with E-state index >= 15 is 0 Å². The number of aryl methyl sites for hydroxylation is 1. The Morgan fingerprint density at radius 1 is 0.906 bits per heavy atom. The lowest BCUT2D eigenvalue weighted by Gasteiger charge is -2.13. The average molecular weight is 455 g/mol. The van der Waals surface area contributed by atoms with Crippen molar-refractivity contribution in [1.82, 2.24) is 10.0 Å². The zero-order valence-electron chi connectivity index (χ0n) is 18.2. The molecule has 0 fully saturated rings. The topological polar surface area (TPSA) is 93.7 Å². The summed E-state index contributed by atoms with van der Waals surface area (Å²) in [6.45, 7) is 2.14. The molecule has 0 aliphatic carbocycles. The van der Waals surface area contributed by atoms with Gasteiger partial charge in [-0.05, 0) is 42.3 Å². The van der Waals surface area contributed by atoms with E-state index in [1.54, 1.807) is 45.4 Å². The normalized spacial score (nSPS) is 11.1. The number of carbonyl (C=O) groups is 1. The first-order valence-electron chi connectivity index (χ1n) is 9.97. The van der Waals surface area contributed by atoms with Gasteiger partial charge in [0.25, 0.3) is 5.91 Å². The van der Waals surface area contributed by atoms with Crippen LogP contribution >= 0.6 is 0 Å². The number of methoxy groups -OCH3 is 2. The van der Waals surface area contributed by atoms with Crippen molar-refractivity contribution in [2.45, 2.75) is 24.9 Å². The van der Waals surface area contributed by atoms with Crippen molar-refractivity contribution >= 4 is 15.9 Å². The van der Waals surface area contributed by atoms with Crippen molar-refractivity contribution in [3.8, 4) is 11.5 Å². The number of hydrogen-bond acceptors (Lipinski definition) is 5. The summed E-state index contributed by atoms with van der Waals surface area (Å²) in [6.07, 6.45) is 0. The quantitative estimate of drug-likeness (QED) is 0.517. The Balaban J connectivity index is 1.74. The molecule has 3 rings (SSSR count). The minimum Gasteiger partial charge on any atom is -0.497 e. The highest BCUT2D eigenvalue weighted by Crippen LogP contribution is 2.24. The van der Waals surface area contributed by atoms with Gasteiger partial charge in [-0.3, -0.25) is 4.79 Å². The number of hydrogen-bond donors (Lipinski definition) is 2. The molecule has 0 atom stereocenters. The number of benzene rings is 3. The molecule has 1 amide bonds. The molecule has 0 saturated heterocycles. The maximum Gasteiger partial charge on any atom is 0.251 e. The number of rotatable bonds is 9. The molecule has 0 unspecified atom stereocenters. The van der Waals surface area contributed by atoms with Gasteiger partial charge in [-0.2, -0.15) is 0 Å². The Bertz CT molecular complexity index is 1190. The molecule has 8 heteroatoms. The van der Waals surface area contributed by atoms with Gasteiger partial charge < -0.3 is 14.8 Å². The number of carbonyl (C=O) groups excluding carboxylic acids is 1. The zero-order chi connectivity index (χ0) is 23.1. The molecule has 3 aromatic rings. The van der Waals surface area contributed by atoms with Gasteiger partial charge in [0, 0.05) is 30.3 Å². The van der Waals surface area contributed by atoms with Crippen LogP contribution in [-0.4, -0.2) is 28.5 Å². The fourth-order valence-electron chi connectivity index (χ4n) is 3.14. The van der Waals surface area contributed by atoms with E-state index in [2.05, 4.69) is 10.0 Å². The van der Waals surface area contributed by atoms with Crippen molar-refractivity contribution < 1.29 is 22.7 Å². The summed E-state index contributed by atoms with van der Waals surface area (Å²) in [6, 6.07) is 19.1. The lowest BCUT2D eigenvalue weighted by atomic mass is 10.1. The van der Waals surface area contributed by atoms with Crippen LogP contribution in [0.4, 0.5) is 0 Å². The average Bonchev–Trinajstić information content (AvgIpc) is 2.82. The molecule has 0 saturated carbocycles. The van der Waals surface area contributed by atoms with E-state index in [-0.39, 0.29) is 23.9 Å². The lowest BCUT2D eigenvalue weighted by Crippen LogP contribution is -2.26. The number of sulfonamides is 1. The maximum atomic E-state index is 12.8. The van der Waals surface area contributed by atoms with Crippen LogP contribution in [-0.2, 0) is 23.1 Å². The number of ether oxygens (including phenoxy) is 2. The van der Waals surface area contributed by atoms with Crippen molar-refractivity contribution in [2.24, 2.45) is 0 Å². The van der Waals surface area contributed by atoms with Crippen molar-refractivity contribution in [2.75, 3.05) is 14.2 Å². The minimum absolute atomic E-state index is 0.0335. The van der Waals surface area contributed by atoms with E-state index < -0.39 is 10.0 Å². The van der Waals surface area contributed by atoms with Crippen LogP contribution in [0.3, 0.4) is 0 Å². The lowest BCUT2D eigenvalue weighted by molar-refractivity contribution is 0.0950. The standard InChI is InChI=1S/C24H26N2O5S/c1-17-9-12-21(32(28,29)26-15-18-7-5-4-6-8-18)14-22(17)24(27)25-16-19-10-11-20(30-2)13-23(19)31-3/h4-14,26H,15-16H2,1-3H3,(H,25,27). The van der Waals surface area contributed by atoms with Crippen LogP contribution in [0.5, 0.6) is 11.5 Å². The predicted octanol–water partition coefficient (Wildman–Crippen LogP) is 3.42. The first-order valence-corrected chi connectivity index (χ1v) is 11.5. The molecule has 0 aliphatic rings. The van der Waals surface area contributed by atoms with E-state index in [1.165, 1.54) is 12.1 Å². The second-order valence-corrected chi connectivity index (χ2v) is 8.91. The molecule has 0 aliphatic heterocycles. The summed E-state index contributed by atoms with van der Waals surface area (Å²) in [4.78, 5) is 12.9. The van der Waals surface area contributed by atoms with Crippen LogP contribution in [0, 0.1) is 6.92 Å². The highest BCUT2D eigenvalue weighted by Gasteiger charge is 2.18. The molecular formula is C24H26N2O5S. The van der Waals surface area contributed by atoms with E-state index in [1.807, 2.05) is 30.3 Å². The van der Waals surface area contributed by atoms with Gasteiger partial charge in [0.1, 0.15) is 11.5 Å². The second kappa shape index (κ2) is 10.3. The molecule has 0 heterocycles. The minimum atomic E-state index is -3.78. The Morgan fingerprint density at radius 2 is 1.66 bits per heavy atom. The summed E-state index contributed by atoms with van der Waals surface area (Å²) >= 11 is 0. The van der Waals surface area contributed by atoms with Gasteiger partial charge in [-0.1, -0.05) is 36.4 Å². The molecule has 7 nitrogen and oxygen atoms in total. The third kappa shape index (κ3) is 5.66. The van der Waals surface area contributed by atoms with Gasteiger partial charge >= 0.3 is 0 Å². The maximum absolute atomic E-state index is 12.8. The van der Waals surface area contributed by atoms with Crippen LogP contribution in [0.1, 0.15) is 27.0 Å². The second-order valence-electron chi connectivity index (χ2n) is 7.15. The van der Waals surface area contributed by atoms with E-state index in [0.29, 0.717) is 22.6 Å². The Hall–Kier alpha value is -3.36. The SMILES string of the molecule is COc1ccc(CNC(=O)c2cc(S(=O)(=O)NCc3ccccc3)ccc2C)c(OC)c1. The van der Waals surface area contributed by atoms with Gasteiger partial charge in [-0.25, -0.2) is 13.1 Å². The summed E-state index contributed by atoms with van der Waals surface area (Å²) in [5.41, 5.74) is 2.58. The molecular weight excluding hydrogens is 428 g/mol. The van der Waals surface area contributed by atoms with Crippen molar-refractivity contribution in [1.29, 1.82) is 0 Å². The summed E-state index contributed by atoms with van der Waals surface area (Å²) in [5.74, 6) is 0.858. The van der Waals surface area contributed by atoms with Crippen molar-refractivity contribution in [3.05, 3.63) is 89.0 Å². The van der Waals surface area contributed by atoms with Crippen LogP contribution in [0.25, 0.3) is 0 Å². The molecule has 3 aromatic carbocycles. The highest BCUT2D eigenvalue weighted by atomic mass is 32.2. The fourth-order valence-corrected chi connectivity index (χ4v) is 4.18. The molecule has 0 aromatic heterocycles. The Labute approximate surface area is 188 Å². The Morgan fingerprint density at radius 3 is 2.34 bits per heavy atom. The predicted molar refractivity (Wildman–Crippen MR) is 122 cm³/mol. The first-order chi connectivity index (χ1) is 15.3. The molecule has 32 heavy (non-hydrogen) atoms. The fraction of sp³-hybridized carbons (Fsp3) is 0.208. The van der Waals surface area contributed by atoms with E-state index in [0.717, 1.165) is 11.1 Å². The van der Waals surface area contributed by atoms with Gasteiger partial charge in [0.2, 0.25) is 10.0 Å². The monoisotopic (exact) mass is 454 g/mol. The summed E-state index contributed by atoms with van der Waals surface area (Å²) < 4.78 is 38.6. The van der Waals surface area contributed by atoms with Crippen LogP contribution in [0.2, 0.25) is 0 Å². The number of nitrogens with one attached hydrogen (secondary N) is 2. The van der Waals surface area contributed by atoms with Crippen LogP contribution in [0.15, 0.2) is 71.6 Å². The number of amides is 1.